The number of halogens is 3. The predicted octanol–water partition coefficient (Wildman–Crippen LogP) is 4.96. The lowest BCUT2D eigenvalue weighted by atomic mass is 9.78. The third-order valence-electron chi connectivity index (χ3n) is 8.89. The van der Waals surface area contributed by atoms with Crippen LogP contribution in [0.3, 0.4) is 0 Å². The Morgan fingerprint density at radius 1 is 1.00 bits per heavy atom. The molecule has 1 aromatic carbocycles. The summed E-state index contributed by atoms with van der Waals surface area (Å²) in [6.45, 7) is 1.67. The molecule has 2 aliphatic carbocycles. The summed E-state index contributed by atoms with van der Waals surface area (Å²) >= 11 is 0. The van der Waals surface area contributed by atoms with Gasteiger partial charge in [-0.1, -0.05) is 12.8 Å². The molecule has 9 heteroatoms. The van der Waals surface area contributed by atoms with E-state index < -0.39 is 17.2 Å². The number of hydrogen-bond donors (Lipinski definition) is 2. The van der Waals surface area contributed by atoms with Crippen LogP contribution in [0.2, 0.25) is 0 Å². The number of aliphatic hydroxyl groups excluding tert-OH is 1. The molecule has 5 rings (SSSR count). The topological polar surface area (TPSA) is 72.9 Å². The van der Waals surface area contributed by atoms with Crippen molar-refractivity contribution < 1.29 is 27.9 Å². The van der Waals surface area contributed by atoms with Crippen LogP contribution in [0.1, 0.15) is 76.2 Å². The molecule has 4 aliphatic rings. The fraction of sp³-hybridized carbons (Fsp3) is 0.704. The second-order valence-corrected chi connectivity index (χ2v) is 11.2. The predicted molar refractivity (Wildman–Crippen MR) is 131 cm³/mol. The highest BCUT2D eigenvalue weighted by atomic mass is 19.4. The van der Waals surface area contributed by atoms with Crippen LogP contribution in [0.4, 0.5) is 24.5 Å². The molecule has 2 N–H and O–H groups in total. The molecule has 2 heterocycles. The van der Waals surface area contributed by atoms with Crippen LogP contribution in [0.25, 0.3) is 0 Å². The number of alkyl halides is 3. The Morgan fingerprint density at radius 3 is 2.42 bits per heavy atom. The van der Waals surface area contributed by atoms with E-state index in [4.69, 9.17) is 0 Å². The van der Waals surface area contributed by atoms with Crippen molar-refractivity contribution in [1.29, 1.82) is 0 Å². The number of nitrogens with one attached hydrogen (secondary N) is 1. The number of aliphatic hydroxyl groups is 1. The van der Waals surface area contributed by atoms with Crippen molar-refractivity contribution in [3.05, 3.63) is 23.8 Å². The van der Waals surface area contributed by atoms with Gasteiger partial charge in [-0.05, 0) is 76.0 Å². The summed E-state index contributed by atoms with van der Waals surface area (Å²) in [4.78, 5) is 30.0. The van der Waals surface area contributed by atoms with Crippen molar-refractivity contribution in [2.45, 2.75) is 89.0 Å². The Morgan fingerprint density at radius 2 is 1.72 bits per heavy atom. The summed E-state index contributed by atoms with van der Waals surface area (Å²) in [5.41, 5.74) is -1.17. The van der Waals surface area contributed by atoms with Crippen LogP contribution in [0.15, 0.2) is 18.2 Å². The van der Waals surface area contributed by atoms with Crippen molar-refractivity contribution in [1.82, 2.24) is 4.90 Å². The maximum Gasteiger partial charge on any atom is 0.418 e. The highest BCUT2D eigenvalue weighted by Gasteiger charge is 2.51. The van der Waals surface area contributed by atoms with Gasteiger partial charge in [-0.2, -0.15) is 13.2 Å². The molecule has 198 valence electrons. The van der Waals surface area contributed by atoms with Gasteiger partial charge in [0.1, 0.15) is 0 Å². The van der Waals surface area contributed by atoms with Gasteiger partial charge in [-0.25, -0.2) is 0 Å². The van der Waals surface area contributed by atoms with E-state index in [2.05, 4.69) is 5.32 Å². The van der Waals surface area contributed by atoms with Crippen molar-refractivity contribution in [3.8, 4) is 0 Å². The van der Waals surface area contributed by atoms with E-state index in [0.29, 0.717) is 57.4 Å². The van der Waals surface area contributed by atoms with E-state index in [1.54, 1.807) is 6.07 Å². The maximum absolute atomic E-state index is 14.0. The summed E-state index contributed by atoms with van der Waals surface area (Å²) in [6.07, 6.45) is 3.61. The number of nitrogens with zero attached hydrogens (tertiary/aromatic N) is 2. The first-order valence-electron chi connectivity index (χ1n) is 13.4. The van der Waals surface area contributed by atoms with Crippen LogP contribution in [0, 0.1) is 11.3 Å². The van der Waals surface area contributed by atoms with Crippen molar-refractivity contribution >= 4 is 23.2 Å². The zero-order valence-electron chi connectivity index (χ0n) is 20.7. The summed E-state index contributed by atoms with van der Waals surface area (Å²) in [5, 5.41) is 12.4. The standard InChI is InChI=1S/C27H36F3N3O3/c28-27(29,30)22-16-20(8-11-23(22)31-24(35)18-4-1-2-5-18)32-14-3-12-26(17-32)13-15-33(25(26)36)19-6-9-21(34)10-7-19/h8,11,16,18-19,21,34H,1-7,9-10,12-15,17H2,(H,31,35)/t19?,21?,26-/m1/s1. The van der Waals surface area contributed by atoms with Crippen LogP contribution < -0.4 is 10.2 Å². The van der Waals surface area contributed by atoms with Gasteiger partial charge in [0.15, 0.2) is 0 Å². The fourth-order valence-corrected chi connectivity index (χ4v) is 6.79. The molecule has 2 saturated heterocycles. The Kier molecular flexibility index (Phi) is 6.96. The minimum absolute atomic E-state index is 0.116. The molecule has 0 bridgehead atoms. The Bertz CT molecular complexity index is 986. The Balaban J connectivity index is 1.33. The number of benzene rings is 1. The van der Waals surface area contributed by atoms with E-state index in [1.165, 1.54) is 6.07 Å². The zero-order valence-corrected chi connectivity index (χ0v) is 20.7. The SMILES string of the molecule is O=C(Nc1ccc(N2CCC[C@@]3(CCN(C4CCC(O)CC4)C3=O)C2)cc1C(F)(F)F)C1CCCC1. The monoisotopic (exact) mass is 507 g/mol. The average Bonchev–Trinajstić information content (AvgIpc) is 3.49. The lowest BCUT2D eigenvalue weighted by Gasteiger charge is -2.41. The molecule has 4 fully saturated rings. The van der Waals surface area contributed by atoms with Crippen LogP contribution in [0.5, 0.6) is 0 Å². The molecule has 2 amide bonds. The summed E-state index contributed by atoms with van der Waals surface area (Å²) in [7, 11) is 0. The van der Waals surface area contributed by atoms with Crippen LogP contribution >= 0.6 is 0 Å². The van der Waals surface area contributed by atoms with Gasteiger partial charge in [0.05, 0.1) is 22.8 Å². The quantitative estimate of drug-likeness (QED) is 0.605. The van der Waals surface area contributed by atoms with Gasteiger partial charge < -0.3 is 20.2 Å². The summed E-state index contributed by atoms with van der Waals surface area (Å²) < 4.78 is 42.0. The van der Waals surface area contributed by atoms with Crippen molar-refractivity contribution in [2.24, 2.45) is 11.3 Å². The summed E-state index contributed by atoms with van der Waals surface area (Å²) in [5.74, 6) is -0.448. The first-order chi connectivity index (χ1) is 17.2. The van der Waals surface area contributed by atoms with Crippen molar-refractivity contribution in [2.75, 3.05) is 29.9 Å². The lowest BCUT2D eigenvalue weighted by molar-refractivity contribution is -0.139. The van der Waals surface area contributed by atoms with Gasteiger partial charge in [-0.3, -0.25) is 9.59 Å². The molecular weight excluding hydrogens is 471 g/mol. The Hall–Kier alpha value is -2.29. The molecule has 1 spiro atoms. The zero-order chi connectivity index (χ0) is 25.5. The second-order valence-electron chi connectivity index (χ2n) is 11.2. The number of piperidine rings is 1. The minimum Gasteiger partial charge on any atom is -0.393 e. The molecule has 6 nitrogen and oxygen atoms in total. The van der Waals surface area contributed by atoms with E-state index >= 15 is 0 Å². The molecule has 0 aromatic heterocycles. The lowest BCUT2D eigenvalue weighted by Crippen LogP contribution is -2.50. The molecule has 1 atom stereocenters. The number of carbonyl (C=O) groups is 2. The smallest absolute Gasteiger partial charge is 0.393 e. The van der Waals surface area contributed by atoms with Gasteiger partial charge in [0, 0.05) is 37.3 Å². The van der Waals surface area contributed by atoms with Crippen molar-refractivity contribution in [3.63, 3.8) is 0 Å². The fourth-order valence-electron chi connectivity index (χ4n) is 6.79. The average molecular weight is 508 g/mol. The second kappa shape index (κ2) is 9.88. The molecular formula is C27H36F3N3O3. The minimum atomic E-state index is -4.60. The van der Waals surface area contributed by atoms with Gasteiger partial charge in [0.2, 0.25) is 11.8 Å². The molecule has 2 aliphatic heterocycles. The van der Waals surface area contributed by atoms with E-state index in [9.17, 15) is 27.9 Å². The van der Waals surface area contributed by atoms with Gasteiger partial charge in [-0.15, -0.1) is 0 Å². The number of likely N-dealkylation sites (tertiary alicyclic amines) is 1. The van der Waals surface area contributed by atoms with Crippen LogP contribution in [-0.4, -0.2) is 53.6 Å². The highest BCUT2D eigenvalue weighted by molar-refractivity contribution is 5.94. The van der Waals surface area contributed by atoms with Gasteiger partial charge >= 0.3 is 6.18 Å². The molecule has 1 aromatic rings. The van der Waals surface area contributed by atoms with Crippen LogP contribution in [-0.2, 0) is 15.8 Å². The first kappa shape index (κ1) is 25.4. The summed E-state index contributed by atoms with van der Waals surface area (Å²) in [6, 6.07) is 4.28. The number of amides is 2. The Labute approximate surface area is 210 Å². The maximum atomic E-state index is 14.0. The third kappa shape index (κ3) is 4.95. The highest BCUT2D eigenvalue weighted by Crippen LogP contribution is 2.45. The molecule has 0 unspecified atom stereocenters. The third-order valence-corrected chi connectivity index (χ3v) is 8.89. The van der Waals surface area contributed by atoms with E-state index in [-0.39, 0.29) is 35.6 Å². The molecule has 2 saturated carbocycles. The van der Waals surface area contributed by atoms with E-state index in [0.717, 1.165) is 44.6 Å². The normalized spacial score (nSPS) is 29.8. The molecule has 36 heavy (non-hydrogen) atoms. The number of hydrogen-bond acceptors (Lipinski definition) is 4. The largest absolute Gasteiger partial charge is 0.418 e. The van der Waals surface area contributed by atoms with Gasteiger partial charge in [0.25, 0.3) is 0 Å². The first-order valence-corrected chi connectivity index (χ1v) is 13.4. The molecule has 0 radical (unpaired) electrons. The number of rotatable bonds is 4. The number of carbonyl (C=O) groups excluding carboxylic acids is 2. The van der Waals surface area contributed by atoms with E-state index in [1.807, 2.05) is 9.80 Å². The number of anilines is 2.